The second-order valence-electron chi connectivity index (χ2n) is 6.15. The summed E-state index contributed by atoms with van der Waals surface area (Å²) in [6.45, 7) is 2.02. The average molecular weight is 295 g/mol. The molecule has 0 spiro atoms. The standard InChI is InChI=1S/C17H21N5/c1-20-11-13(10-18-20)15-8-5-9-22(15)12-17-19-14-6-3-4-7-16(14)21(17)2/h3-4,6-7,10-11,15H,5,8-9,12H2,1-2H3/t15-/m1/s1. The smallest absolute Gasteiger partial charge is 0.123 e. The van der Waals surface area contributed by atoms with E-state index in [1.807, 2.05) is 24.0 Å². The Morgan fingerprint density at radius 1 is 1.23 bits per heavy atom. The number of benzene rings is 1. The lowest BCUT2D eigenvalue weighted by molar-refractivity contribution is 0.240. The third kappa shape index (κ3) is 2.22. The van der Waals surface area contributed by atoms with Crippen LogP contribution in [0.5, 0.6) is 0 Å². The van der Waals surface area contributed by atoms with Gasteiger partial charge in [-0.25, -0.2) is 4.98 Å². The SMILES string of the molecule is Cn1cc([C@H]2CCCN2Cc2nc3ccccc3n2C)cn1. The zero-order valence-electron chi connectivity index (χ0n) is 13.1. The average Bonchev–Trinajstić information content (AvgIpc) is 3.21. The van der Waals surface area contributed by atoms with Crippen molar-refractivity contribution in [3.05, 3.63) is 48.0 Å². The molecule has 0 N–H and O–H groups in total. The molecule has 0 bridgehead atoms. The molecule has 1 fully saturated rings. The number of imidazole rings is 1. The first kappa shape index (κ1) is 13.5. The molecule has 1 aromatic carbocycles. The fraction of sp³-hybridized carbons (Fsp3) is 0.412. The Labute approximate surface area is 130 Å². The molecule has 5 heteroatoms. The Bertz CT molecular complexity index is 800. The number of hydrogen-bond donors (Lipinski definition) is 0. The van der Waals surface area contributed by atoms with Gasteiger partial charge in [-0.15, -0.1) is 0 Å². The highest BCUT2D eigenvalue weighted by Gasteiger charge is 2.28. The maximum Gasteiger partial charge on any atom is 0.123 e. The second-order valence-corrected chi connectivity index (χ2v) is 6.15. The summed E-state index contributed by atoms with van der Waals surface area (Å²) < 4.78 is 4.11. The van der Waals surface area contributed by atoms with Gasteiger partial charge in [-0.05, 0) is 31.5 Å². The van der Waals surface area contributed by atoms with Crippen molar-refractivity contribution < 1.29 is 0 Å². The first-order valence-electron chi connectivity index (χ1n) is 7.85. The molecule has 114 valence electrons. The highest BCUT2D eigenvalue weighted by molar-refractivity contribution is 5.75. The zero-order chi connectivity index (χ0) is 15.1. The monoisotopic (exact) mass is 295 g/mol. The van der Waals surface area contributed by atoms with Gasteiger partial charge in [0.2, 0.25) is 0 Å². The van der Waals surface area contributed by atoms with Crippen molar-refractivity contribution in [1.29, 1.82) is 0 Å². The van der Waals surface area contributed by atoms with Crippen LogP contribution in [0.4, 0.5) is 0 Å². The lowest BCUT2D eigenvalue weighted by Crippen LogP contribution is -2.24. The van der Waals surface area contributed by atoms with Crippen LogP contribution in [-0.2, 0) is 20.6 Å². The molecule has 0 aliphatic carbocycles. The molecule has 5 nitrogen and oxygen atoms in total. The number of aryl methyl sites for hydroxylation is 2. The first-order chi connectivity index (χ1) is 10.7. The van der Waals surface area contributed by atoms with Gasteiger partial charge in [0.05, 0.1) is 23.8 Å². The Kier molecular flexibility index (Phi) is 3.22. The van der Waals surface area contributed by atoms with Crippen LogP contribution >= 0.6 is 0 Å². The molecule has 1 atom stereocenters. The van der Waals surface area contributed by atoms with E-state index >= 15 is 0 Å². The Balaban J connectivity index is 1.62. The fourth-order valence-electron chi connectivity index (χ4n) is 3.52. The summed E-state index contributed by atoms with van der Waals surface area (Å²) >= 11 is 0. The van der Waals surface area contributed by atoms with Crippen LogP contribution in [0.2, 0.25) is 0 Å². The highest BCUT2D eigenvalue weighted by atomic mass is 15.3. The van der Waals surface area contributed by atoms with Crippen LogP contribution in [0.15, 0.2) is 36.7 Å². The van der Waals surface area contributed by atoms with E-state index in [0.717, 1.165) is 24.4 Å². The summed E-state index contributed by atoms with van der Waals surface area (Å²) in [6, 6.07) is 8.80. The molecule has 3 aromatic rings. The minimum Gasteiger partial charge on any atom is -0.330 e. The molecule has 4 rings (SSSR count). The Hall–Kier alpha value is -2.14. The molecule has 0 saturated carbocycles. The number of nitrogens with zero attached hydrogens (tertiary/aromatic N) is 5. The minimum atomic E-state index is 0.466. The lowest BCUT2D eigenvalue weighted by Gasteiger charge is -2.23. The molecule has 2 aromatic heterocycles. The summed E-state index contributed by atoms with van der Waals surface area (Å²) in [5.41, 5.74) is 3.60. The van der Waals surface area contributed by atoms with E-state index in [1.54, 1.807) is 0 Å². The van der Waals surface area contributed by atoms with E-state index in [1.165, 1.54) is 23.9 Å². The van der Waals surface area contributed by atoms with Crippen LogP contribution in [0, 0.1) is 0 Å². The molecule has 0 radical (unpaired) electrons. The van der Waals surface area contributed by atoms with E-state index < -0.39 is 0 Å². The van der Waals surface area contributed by atoms with Crippen molar-refractivity contribution in [3.63, 3.8) is 0 Å². The van der Waals surface area contributed by atoms with E-state index in [4.69, 9.17) is 4.98 Å². The van der Waals surface area contributed by atoms with Gasteiger partial charge < -0.3 is 4.57 Å². The minimum absolute atomic E-state index is 0.466. The maximum absolute atomic E-state index is 4.81. The van der Waals surface area contributed by atoms with Gasteiger partial charge in [-0.1, -0.05) is 12.1 Å². The normalized spacial score (nSPS) is 19.3. The molecule has 22 heavy (non-hydrogen) atoms. The lowest BCUT2D eigenvalue weighted by atomic mass is 10.1. The number of fused-ring (bicyclic) bond motifs is 1. The predicted octanol–water partition coefficient (Wildman–Crippen LogP) is 2.64. The first-order valence-corrected chi connectivity index (χ1v) is 7.85. The summed E-state index contributed by atoms with van der Waals surface area (Å²) in [7, 11) is 4.09. The van der Waals surface area contributed by atoms with Gasteiger partial charge >= 0.3 is 0 Å². The predicted molar refractivity (Wildman–Crippen MR) is 86.3 cm³/mol. The molecule has 0 amide bonds. The summed E-state index contributed by atoms with van der Waals surface area (Å²) in [5, 5.41) is 4.32. The van der Waals surface area contributed by atoms with Crippen molar-refractivity contribution in [3.8, 4) is 0 Å². The molecule has 1 aliphatic heterocycles. The number of aromatic nitrogens is 4. The van der Waals surface area contributed by atoms with E-state index in [0.29, 0.717) is 6.04 Å². The van der Waals surface area contributed by atoms with Gasteiger partial charge in [0.25, 0.3) is 0 Å². The quantitative estimate of drug-likeness (QED) is 0.745. The third-order valence-electron chi connectivity index (χ3n) is 4.70. The molecule has 3 heterocycles. The number of rotatable bonds is 3. The zero-order valence-corrected chi connectivity index (χ0v) is 13.1. The van der Waals surface area contributed by atoms with Crippen molar-refractivity contribution >= 4 is 11.0 Å². The third-order valence-corrected chi connectivity index (χ3v) is 4.70. The Morgan fingerprint density at radius 3 is 2.86 bits per heavy atom. The summed E-state index contributed by atoms with van der Waals surface area (Å²) in [6.07, 6.45) is 6.58. The molecule has 1 saturated heterocycles. The summed E-state index contributed by atoms with van der Waals surface area (Å²) in [5.74, 6) is 1.14. The van der Waals surface area contributed by atoms with Gasteiger partial charge in [0.1, 0.15) is 5.82 Å². The van der Waals surface area contributed by atoms with Crippen molar-refractivity contribution in [2.75, 3.05) is 6.54 Å². The van der Waals surface area contributed by atoms with Crippen LogP contribution < -0.4 is 0 Å². The van der Waals surface area contributed by atoms with Crippen LogP contribution in [0.1, 0.15) is 30.3 Å². The molecule has 1 aliphatic rings. The summed E-state index contributed by atoms with van der Waals surface area (Å²) in [4.78, 5) is 7.34. The van der Waals surface area contributed by atoms with Crippen LogP contribution in [-0.4, -0.2) is 30.8 Å². The van der Waals surface area contributed by atoms with Gasteiger partial charge in [-0.3, -0.25) is 9.58 Å². The maximum atomic E-state index is 4.81. The van der Waals surface area contributed by atoms with Gasteiger partial charge in [0, 0.05) is 31.9 Å². The Morgan fingerprint density at radius 2 is 2.09 bits per heavy atom. The van der Waals surface area contributed by atoms with E-state index in [2.05, 4.69) is 46.0 Å². The molecular formula is C17H21N5. The number of likely N-dealkylation sites (tertiary alicyclic amines) is 1. The van der Waals surface area contributed by atoms with Crippen LogP contribution in [0.25, 0.3) is 11.0 Å². The van der Waals surface area contributed by atoms with E-state index in [-0.39, 0.29) is 0 Å². The molecular weight excluding hydrogens is 274 g/mol. The topological polar surface area (TPSA) is 38.9 Å². The van der Waals surface area contributed by atoms with Gasteiger partial charge in [0.15, 0.2) is 0 Å². The van der Waals surface area contributed by atoms with Gasteiger partial charge in [-0.2, -0.15) is 5.10 Å². The fourth-order valence-corrected chi connectivity index (χ4v) is 3.52. The highest BCUT2D eigenvalue weighted by Crippen LogP contribution is 2.33. The number of para-hydroxylation sites is 2. The van der Waals surface area contributed by atoms with Crippen molar-refractivity contribution in [1.82, 2.24) is 24.2 Å². The van der Waals surface area contributed by atoms with Crippen molar-refractivity contribution in [2.45, 2.75) is 25.4 Å². The number of hydrogen-bond acceptors (Lipinski definition) is 3. The van der Waals surface area contributed by atoms with Crippen LogP contribution in [0.3, 0.4) is 0 Å². The van der Waals surface area contributed by atoms with E-state index in [9.17, 15) is 0 Å². The molecule has 0 unspecified atom stereocenters. The second kappa shape index (κ2) is 5.25. The largest absolute Gasteiger partial charge is 0.330 e. The van der Waals surface area contributed by atoms with Crippen molar-refractivity contribution in [2.24, 2.45) is 14.1 Å².